The van der Waals surface area contributed by atoms with Crippen molar-refractivity contribution in [2.24, 2.45) is 0 Å². The maximum Gasteiger partial charge on any atom is 0.269 e. The highest BCUT2D eigenvalue weighted by Gasteiger charge is 2.45. The van der Waals surface area contributed by atoms with Gasteiger partial charge in [-0.05, 0) is 37.3 Å². The van der Waals surface area contributed by atoms with Gasteiger partial charge in [-0.2, -0.15) is 5.26 Å². The normalized spacial score (nSPS) is 15.9. The zero-order chi connectivity index (χ0) is 19.1. The van der Waals surface area contributed by atoms with E-state index < -0.39 is 27.9 Å². The van der Waals surface area contributed by atoms with Crippen molar-refractivity contribution in [3.8, 4) is 6.07 Å². The summed E-state index contributed by atoms with van der Waals surface area (Å²) in [6, 6.07) is 10.6. The molecule has 1 atom stereocenters. The van der Waals surface area contributed by atoms with Gasteiger partial charge in [0.2, 0.25) is 5.91 Å². The van der Waals surface area contributed by atoms with Crippen LogP contribution in [0.25, 0.3) is 0 Å². The molecule has 2 aromatic carbocycles. The molecule has 0 aliphatic carbocycles. The summed E-state index contributed by atoms with van der Waals surface area (Å²) < 4.78 is 25.8. The van der Waals surface area contributed by atoms with Gasteiger partial charge in [0.05, 0.1) is 16.8 Å². The molecule has 1 aliphatic heterocycles. The molecule has 0 fully saturated rings. The summed E-state index contributed by atoms with van der Waals surface area (Å²) in [5.41, 5.74) is 0.319. The van der Waals surface area contributed by atoms with E-state index in [0.29, 0.717) is 9.33 Å². The van der Waals surface area contributed by atoms with E-state index in [1.54, 1.807) is 6.07 Å². The van der Waals surface area contributed by atoms with Crippen LogP contribution in [-0.2, 0) is 14.8 Å². The van der Waals surface area contributed by atoms with Crippen molar-refractivity contribution >= 4 is 39.1 Å². The van der Waals surface area contributed by atoms with Crippen LogP contribution in [0.2, 0.25) is 5.02 Å². The zero-order valence-electron chi connectivity index (χ0n) is 13.4. The fraction of sp³-hybridized carbons (Fsp3) is 0.118. The van der Waals surface area contributed by atoms with Crippen molar-refractivity contribution in [1.82, 2.24) is 4.31 Å². The summed E-state index contributed by atoms with van der Waals surface area (Å²) >= 11 is 5.87. The predicted octanol–water partition coefficient (Wildman–Crippen LogP) is 2.38. The molecule has 1 N–H and O–H groups in total. The van der Waals surface area contributed by atoms with E-state index in [4.69, 9.17) is 16.9 Å². The van der Waals surface area contributed by atoms with E-state index in [-0.39, 0.29) is 21.7 Å². The van der Waals surface area contributed by atoms with Crippen LogP contribution in [0.4, 0.5) is 5.69 Å². The first-order valence-electron chi connectivity index (χ1n) is 7.45. The molecular weight excluding hydrogens is 378 g/mol. The Balaban J connectivity index is 1.92. The first-order valence-corrected chi connectivity index (χ1v) is 9.27. The van der Waals surface area contributed by atoms with Crippen LogP contribution < -0.4 is 5.32 Å². The molecule has 26 heavy (non-hydrogen) atoms. The third-order valence-corrected chi connectivity index (χ3v) is 6.09. The second-order valence-corrected chi connectivity index (χ2v) is 7.79. The summed E-state index contributed by atoms with van der Waals surface area (Å²) in [7, 11) is -4.12. The van der Waals surface area contributed by atoms with Gasteiger partial charge < -0.3 is 5.32 Å². The Morgan fingerprint density at radius 3 is 2.62 bits per heavy atom. The number of benzene rings is 2. The third-order valence-electron chi connectivity index (χ3n) is 3.95. The van der Waals surface area contributed by atoms with Gasteiger partial charge in [0.1, 0.15) is 17.0 Å². The highest BCUT2D eigenvalue weighted by molar-refractivity contribution is 7.90. The monoisotopic (exact) mass is 389 g/mol. The van der Waals surface area contributed by atoms with E-state index in [9.17, 15) is 18.0 Å². The van der Waals surface area contributed by atoms with E-state index in [1.165, 1.54) is 43.3 Å². The van der Waals surface area contributed by atoms with E-state index in [0.717, 1.165) is 0 Å². The van der Waals surface area contributed by atoms with Crippen molar-refractivity contribution in [2.45, 2.75) is 17.9 Å². The fourth-order valence-electron chi connectivity index (χ4n) is 2.65. The molecule has 0 bridgehead atoms. The lowest BCUT2D eigenvalue weighted by atomic mass is 10.1. The minimum Gasteiger partial charge on any atom is -0.323 e. The number of anilines is 1. The number of nitriles is 1. The lowest BCUT2D eigenvalue weighted by Crippen LogP contribution is -2.45. The number of carbonyl (C=O) groups is 2. The first-order chi connectivity index (χ1) is 12.3. The number of rotatable bonds is 3. The molecule has 132 valence electrons. The van der Waals surface area contributed by atoms with Crippen LogP contribution in [0.1, 0.15) is 22.8 Å². The van der Waals surface area contributed by atoms with E-state index in [2.05, 4.69) is 5.32 Å². The number of fused-ring (bicyclic) bond motifs is 1. The summed E-state index contributed by atoms with van der Waals surface area (Å²) in [6.07, 6.45) is 0. The van der Waals surface area contributed by atoms with Crippen LogP contribution in [0.5, 0.6) is 0 Å². The van der Waals surface area contributed by atoms with Crippen molar-refractivity contribution in [3.05, 3.63) is 58.6 Å². The van der Waals surface area contributed by atoms with Gasteiger partial charge in [0.25, 0.3) is 15.9 Å². The molecule has 0 aromatic heterocycles. The molecule has 2 aromatic rings. The number of hydrogen-bond donors (Lipinski definition) is 1. The molecule has 0 unspecified atom stereocenters. The molecular formula is C17H12ClN3O4S. The van der Waals surface area contributed by atoms with Crippen molar-refractivity contribution in [1.29, 1.82) is 5.26 Å². The summed E-state index contributed by atoms with van der Waals surface area (Å²) in [5.74, 6) is -1.52. The Bertz CT molecular complexity index is 1080. The van der Waals surface area contributed by atoms with Gasteiger partial charge in [0.15, 0.2) is 0 Å². The number of carbonyl (C=O) groups excluding carboxylic acids is 2. The number of halogens is 1. The summed E-state index contributed by atoms with van der Waals surface area (Å²) in [5, 5.41) is 11.9. The predicted molar refractivity (Wildman–Crippen MR) is 94.1 cm³/mol. The number of nitrogens with one attached hydrogen (secondary N) is 1. The quantitative estimate of drug-likeness (QED) is 0.867. The Hall–Kier alpha value is -2.89. The summed E-state index contributed by atoms with van der Waals surface area (Å²) in [6.45, 7) is 1.30. The zero-order valence-corrected chi connectivity index (χ0v) is 15.0. The molecule has 0 radical (unpaired) electrons. The van der Waals surface area contributed by atoms with Gasteiger partial charge in [0, 0.05) is 5.02 Å². The molecule has 0 saturated heterocycles. The minimum absolute atomic E-state index is 0.0209. The topological polar surface area (TPSA) is 107 Å². The maximum absolute atomic E-state index is 12.6. The Kier molecular flexibility index (Phi) is 4.44. The molecule has 1 aliphatic rings. The van der Waals surface area contributed by atoms with Crippen molar-refractivity contribution < 1.29 is 18.0 Å². The number of hydrogen-bond acceptors (Lipinski definition) is 5. The number of amides is 2. The molecule has 3 rings (SSSR count). The Morgan fingerprint density at radius 2 is 1.96 bits per heavy atom. The Morgan fingerprint density at radius 1 is 1.27 bits per heavy atom. The molecule has 7 nitrogen and oxygen atoms in total. The molecule has 1 heterocycles. The Labute approximate surface area is 154 Å². The van der Waals surface area contributed by atoms with Crippen LogP contribution in [-0.4, -0.2) is 30.6 Å². The van der Waals surface area contributed by atoms with E-state index in [1.807, 2.05) is 6.07 Å². The SMILES string of the molecule is C[C@H](C(=O)Nc1cc(Cl)ccc1C#N)N1C(=O)c2ccccc2S1(=O)=O. The van der Waals surface area contributed by atoms with Crippen LogP contribution in [0.15, 0.2) is 47.4 Å². The minimum atomic E-state index is -4.12. The first kappa shape index (κ1) is 17.9. The van der Waals surface area contributed by atoms with Gasteiger partial charge in [-0.15, -0.1) is 0 Å². The fourth-order valence-corrected chi connectivity index (χ4v) is 4.54. The third kappa shape index (κ3) is 2.81. The van der Waals surface area contributed by atoms with E-state index >= 15 is 0 Å². The highest BCUT2D eigenvalue weighted by Crippen LogP contribution is 2.32. The standard InChI is InChI=1S/C17H12ClN3O4S/c1-10(16(22)20-14-8-12(18)7-6-11(14)9-19)21-17(23)13-4-2-3-5-15(13)26(21,24)25/h2-8,10H,1H3,(H,20,22)/t10-/m1/s1. The smallest absolute Gasteiger partial charge is 0.269 e. The highest BCUT2D eigenvalue weighted by atomic mass is 35.5. The van der Waals surface area contributed by atoms with Gasteiger partial charge in [-0.25, -0.2) is 12.7 Å². The second kappa shape index (κ2) is 6.44. The van der Waals surface area contributed by atoms with Gasteiger partial charge in [-0.1, -0.05) is 23.7 Å². The average molecular weight is 390 g/mol. The van der Waals surface area contributed by atoms with Crippen molar-refractivity contribution in [2.75, 3.05) is 5.32 Å². The second-order valence-electron chi connectivity index (χ2n) is 5.57. The molecule has 9 heteroatoms. The number of nitrogens with zero attached hydrogens (tertiary/aromatic N) is 2. The van der Waals surface area contributed by atoms with Crippen LogP contribution in [0.3, 0.4) is 0 Å². The maximum atomic E-state index is 12.6. The lowest BCUT2D eigenvalue weighted by molar-refractivity contribution is -0.118. The van der Waals surface area contributed by atoms with Crippen LogP contribution >= 0.6 is 11.6 Å². The number of sulfonamides is 1. The van der Waals surface area contributed by atoms with Crippen LogP contribution in [0, 0.1) is 11.3 Å². The van der Waals surface area contributed by atoms with Crippen molar-refractivity contribution in [3.63, 3.8) is 0 Å². The molecule has 2 amide bonds. The van der Waals surface area contributed by atoms with Gasteiger partial charge >= 0.3 is 0 Å². The molecule has 0 saturated carbocycles. The molecule has 0 spiro atoms. The average Bonchev–Trinajstić information content (AvgIpc) is 2.81. The lowest BCUT2D eigenvalue weighted by Gasteiger charge is -2.22. The summed E-state index contributed by atoms with van der Waals surface area (Å²) in [4.78, 5) is 24.9. The van der Waals surface area contributed by atoms with Gasteiger partial charge in [-0.3, -0.25) is 9.59 Å². The largest absolute Gasteiger partial charge is 0.323 e.